The number of benzene rings is 1. The normalized spacial score (nSPS) is 17.9. The number of carbonyl (C=O) groups is 2. The lowest BCUT2D eigenvalue weighted by molar-refractivity contribution is 0.0769. The fourth-order valence-corrected chi connectivity index (χ4v) is 6.63. The third-order valence-corrected chi connectivity index (χ3v) is 8.77. The zero-order chi connectivity index (χ0) is 24.1. The molecule has 1 atom stereocenters. The predicted molar refractivity (Wildman–Crippen MR) is 138 cm³/mol. The Hall–Kier alpha value is -3.01. The molecular weight excluding hydrogens is 482 g/mol. The number of hydrogen-bond acceptors (Lipinski definition) is 7. The largest absolute Gasteiger partial charge is 0.456 e. The molecular formula is C26H25N3O4S2. The predicted octanol–water partition coefficient (Wildman–Crippen LogP) is 4.96. The summed E-state index contributed by atoms with van der Waals surface area (Å²) in [5.41, 5.74) is 1.45. The number of β-amino-alcohol motifs (C(OH)–C–C–N with tert-alkyl or cyclic N) is 1. The molecule has 4 heterocycles. The fraction of sp³-hybridized carbons (Fsp3) is 0.346. The van der Waals surface area contributed by atoms with Crippen LogP contribution < -0.4 is 10.1 Å². The summed E-state index contributed by atoms with van der Waals surface area (Å²) < 4.78 is 8.04. The number of carbonyl (C=O) groups excluding carboxylic acids is 2. The molecule has 35 heavy (non-hydrogen) atoms. The van der Waals surface area contributed by atoms with Gasteiger partial charge in [-0.3, -0.25) is 14.6 Å². The van der Waals surface area contributed by atoms with Crippen molar-refractivity contribution < 1.29 is 19.4 Å². The number of fused-ring (bicyclic) bond motifs is 2. The molecule has 4 aromatic rings. The van der Waals surface area contributed by atoms with Crippen molar-refractivity contribution in [2.75, 3.05) is 19.6 Å². The number of thiophene rings is 2. The Balaban J connectivity index is 1.26. The van der Waals surface area contributed by atoms with Crippen LogP contribution in [-0.4, -0.2) is 52.5 Å². The Morgan fingerprint density at radius 2 is 2.06 bits per heavy atom. The molecule has 7 nitrogen and oxygen atoms in total. The number of amides is 2. The number of nitrogens with zero attached hydrogens (tertiary/aromatic N) is 2. The van der Waals surface area contributed by atoms with Gasteiger partial charge in [0.15, 0.2) is 0 Å². The zero-order valence-electron chi connectivity index (χ0n) is 19.2. The first kappa shape index (κ1) is 22.5. The molecule has 2 amide bonds. The van der Waals surface area contributed by atoms with Gasteiger partial charge in [-0.15, -0.1) is 22.7 Å². The number of rotatable bonds is 6. The number of ether oxygens (including phenoxy) is 1. The highest BCUT2D eigenvalue weighted by molar-refractivity contribution is 7.21. The van der Waals surface area contributed by atoms with Crippen molar-refractivity contribution in [3.63, 3.8) is 0 Å². The van der Waals surface area contributed by atoms with Gasteiger partial charge in [0.1, 0.15) is 11.5 Å². The van der Waals surface area contributed by atoms with Crippen molar-refractivity contribution in [2.45, 2.75) is 32.3 Å². The van der Waals surface area contributed by atoms with Crippen molar-refractivity contribution in [1.29, 1.82) is 0 Å². The first-order valence-electron chi connectivity index (χ1n) is 11.8. The maximum Gasteiger partial charge on any atom is 0.264 e. The molecule has 2 fully saturated rings. The highest BCUT2D eigenvalue weighted by Gasteiger charge is 2.27. The zero-order valence-corrected chi connectivity index (χ0v) is 20.9. The van der Waals surface area contributed by atoms with Crippen LogP contribution in [0.5, 0.6) is 11.5 Å². The molecule has 2 N–H and O–H groups in total. The molecule has 0 spiro atoms. The monoisotopic (exact) mass is 507 g/mol. The van der Waals surface area contributed by atoms with Crippen molar-refractivity contribution in [2.24, 2.45) is 5.92 Å². The maximum absolute atomic E-state index is 12.9. The first-order chi connectivity index (χ1) is 17.0. The number of aryl methyl sites for hydroxylation is 1. The van der Waals surface area contributed by atoms with E-state index >= 15 is 0 Å². The lowest BCUT2D eigenvalue weighted by Crippen LogP contribution is -2.28. The number of aromatic nitrogens is 1. The number of nitrogens with one attached hydrogen (secondary N) is 1. The van der Waals surface area contributed by atoms with Crippen LogP contribution >= 0.6 is 22.7 Å². The molecule has 1 aliphatic heterocycles. The van der Waals surface area contributed by atoms with Gasteiger partial charge in [-0.05, 0) is 56.4 Å². The van der Waals surface area contributed by atoms with E-state index < -0.39 is 6.10 Å². The van der Waals surface area contributed by atoms with E-state index in [0.29, 0.717) is 47.3 Å². The second kappa shape index (κ2) is 8.89. The standard InChI is InChI=1S/C26H25N3O4S2/c1-14-23(25(31)28-12-15-2-3-15)18-5-4-17(10-21(18)34-14)33-20-6-8-27-19-11-22(35-24(19)20)26(32)29-9-7-16(30)13-29/h4-6,8,10-11,15-16,30H,2-3,7,9,12-13H2,1H3,(H,28,31)/t16-/m1/s1. The molecule has 9 heteroatoms. The lowest BCUT2D eigenvalue weighted by atomic mass is 10.1. The van der Waals surface area contributed by atoms with Crippen LogP contribution in [0.15, 0.2) is 36.5 Å². The molecule has 3 aromatic heterocycles. The van der Waals surface area contributed by atoms with Crippen molar-refractivity contribution in [3.05, 3.63) is 51.8 Å². The van der Waals surface area contributed by atoms with Gasteiger partial charge in [-0.1, -0.05) is 0 Å². The van der Waals surface area contributed by atoms with Gasteiger partial charge in [-0.2, -0.15) is 0 Å². The summed E-state index contributed by atoms with van der Waals surface area (Å²) in [6.07, 6.45) is 4.24. The summed E-state index contributed by atoms with van der Waals surface area (Å²) in [5.74, 6) is 1.84. The molecule has 0 unspecified atom stereocenters. The Bertz CT molecular complexity index is 1460. The number of aliphatic hydroxyl groups excluding tert-OH is 1. The van der Waals surface area contributed by atoms with E-state index in [0.717, 1.165) is 31.8 Å². The number of hydrogen-bond donors (Lipinski definition) is 2. The molecule has 2 aliphatic rings. The smallest absolute Gasteiger partial charge is 0.264 e. The second-order valence-corrected chi connectivity index (χ2v) is 11.6. The first-order valence-corrected chi connectivity index (χ1v) is 13.4. The Labute approximate surface area is 210 Å². The number of pyridine rings is 1. The molecule has 6 rings (SSSR count). The van der Waals surface area contributed by atoms with Gasteiger partial charge in [0.25, 0.3) is 11.8 Å². The van der Waals surface area contributed by atoms with Crippen molar-refractivity contribution in [1.82, 2.24) is 15.2 Å². The van der Waals surface area contributed by atoms with E-state index in [4.69, 9.17) is 4.74 Å². The van der Waals surface area contributed by atoms with E-state index in [2.05, 4.69) is 10.3 Å². The summed E-state index contributed by atoms with van der Waals surface area (Å²) >= 11 is 2.94. The average Bonchev–Trinajstić information content (AvgIpc) is 3.23. The molecule has 0 radical (unpaired) electrons. The third-order valence-electron chi connectivity index (χ3n) is 6.58. The van der Waals surface area contributed by atoms with E-state index in [9.17, 15) is 14.7 Å². The van der Waals surface area contributed by atoms with E-state index in [1.807, 2.05) is 25.1 Å². The van der Waals surface area contributed by atoms with Gasteiger partial charge in [0.05, 0.1) is 26.8 Å². The van der Waals surface area contributed by atoms with Crippen LogP contribution in [0.1, 0.15) is 44.2 Å². The van der Waals surface area contributed by atoms with Crippen molar-refractivity contribution in [3.8, 4) is 11.5 Å². The summed E-state index contributed by atoms with van der Waals surface area (Å²) in [5, 5.41) is 13.8. The SMILES string of the molecule is Cc1sc2cc(Oc3ccnc4cc(C(=O)N5CC[C@@H](O)C5)sc34)ccc2c1C(=O)NCC1CC1. The number of aliphatic hydroxyl groups is 1. The fourth-order valence-electron chi connectivity index (χ4n) is 4.50. The van der Waals surface area contributed by atoms with Crippen LogP contribution in [0.25, 0.3) is 20.3 Å². The van der Waals surface area contributed by atoms with E-state index in [-0.39, 0.29) is 11.8 Å². The van der Waals surface area contributed by atoms with Gasteiger partial charge >= 0.3 is 0 Å². The summed E-state index contributed by atoms with van der Waals surface area (Å²) in [7, 11) is 0. The Kier molecular flexibility index (Phi) is 5.70. The Morgan fingerprint density at radius 3 is 2.83 bits per heavy atom. The minimum absolute atomic E-state index is 0.00790. The van der Waals surface area contributed by atoms with Gasteiger partial charge in [0, 0.05) is 46.9 Å². The minimum atomic E-state index is -0.453. The summed E-state index contributed by atoms with van der Waals surface area (Å²) in [4.78, 5) is 33.3. The number of likely N-dealkylation sites (tertiary alicyclic amines) is 1. The van der Waals surface area contributed by atoms with Gasteiger partial charge < -0.3 is 20.1 Å². The topological polar surface area (TPSA) is 91.8 Å². The van der Waals surface area contributed by atoms with Crippen molar-refractivity contribution >= 4 is 54.8 Å². The van der Waals surface area contributed by atoms with Crippen LogP contribution in [0.4, 0.5) is 0 Å². The molecule has 180 valence electrons. The highest BCUT2D eigenvalue weighted by Crippen LogP contribution is 2.38. The highest BCUT2D eigenvalue weighted by atomic mass is 32.1. The molecule has 1 aliphatic carbocycles. The Morgan fingerprint density at radius 1 is 1.20 bits per heavy atom. The molecule has 1 aromatic carbocycles. The van der Waals surface area contributed by atoms with Crippen LogP contribution in [0.2, 0.25) is 0 Å². The minimum Gasteiger partial charge on any atom is -0.456 e. The maximum atomic E-state index is 12.9. The van der Waals surface area contributed by atoms with Crippen LogP contribution in [0, 0.1) is 12.8 Å². The summed E-state index contributed by atoms with van der Waals surface area (Å²) in [6.45, 7) is 3.66. The second-order valence-electron chi connectivity index (χ2n) is 9.27. The molecule has 1 saturated carbocycles. The van der Waals surface area contributed by atoms with E-state index in [1.54, 1.807) is 34.6 Å². The quantitative estimate of drug-likeness (QED) is 0.385. The van der Waals surface area contributed by atoms with Crippen LogP contribution in [-0.2, 0) is 0 Å². The van der Waals surface area contributed by atoms with Gasteiger partial charge in [-0.25, -0.2) is 0 Å². The molecule has 1 saturated heterocycles. The van der Waals surface area contributed by atoms with Gasteiger partial charge in [0.2, 0.25) is 0 Å². The lowest BCUT2D eigenvalue weighted by Gasteiger charge is -2.13. The summed E-state index contributed by atoms with van der Waals surface area (Å²) in [6, 6.07) is 9.37. The van der Waals surface area contributed by atoms with Crippen LogP contribution in [0.3, 0.4) is 0 Å². The third kappa shape index (κ3) is 4.39. The van der Waals surface area contributed by atoms with E-state index in [1.165, 1.54) is 24.2 Å². The molecule has 0 bridgehead atoms. The average molecular weight is 508 g/mol.